The van der Waals surface area contributed by atoms with Gasteiger partial charge in [-0.1, -0.05) is 28.1 Å². The first kappa shape index (κ1) is 12.1. The van der Waals surface area contributed by atoms with Crippen molar-refractivity contribution in [2.24, 2.45) is 0 Å². The van der Waals surface area contributed by atoms with E-state index in [0.29, 0.717) is 5.69 Å². The Morgan fingerprint density at radius 3 is 2.47 bits per heavy atom. The third-order valence-electron chi connectivity index (χ3n) is 2.01. The Bertz CT molecular complexity index is 315. The lowest BCUT2D eigenvalue weighted by atomic mass is 10.2. The summed E-state index contributed by atoms with van der Waals surface area (Å²) in [6.45, 7) is 7.56. The molecule has 1 aromatic carbocycles. The molecule has 0 atom stereocenters. The molecular weight excluding hydrogens is 254 g/mol. The molecule has 2 nitrogen and oxygen atoms in total. The summed E-state index contributed by atoms with van der Waals surface area (Å²) in [5.41, 5.74) is 0.654. The van der Waals surface area contributed by atoms with Crippen LogP contribution in [0.2, 0.25) is 0 Å². The summed E-state index contributed by atoms with van der Waals surface area (Å²) in [6, 6.07) is 7.25. The van der Waals surface area contributed by atoms with Crippen molar-refractivity contribution in [3.63, 3.8) is 0 Å². The monoisotopic (exact) mass is 267 g/mol. The molecule has 0 aliphatic carbocycles. The maximum Gasteiger partial charge on any atom is 0.187 e. The number of hydrogen-bond acceptors (Lipinski definition) is 1. The molecular formula is C12H14BrNO. The van der Waals surface area contributed by atoms with Gasteiger partial charge in [-0.2, -0.15) is 0 Å². The van der Waals surface area contributed by atoms with Crippen LogP contribution in [0.3, 0.4) is 0 Å². The molecule has 15 heavy (non-hydrogen) atoms. The molecule has 1 aromatic rings. The molecule has 0 bridgehead atoms. The first-order chi connectivity index (χ1) is 7.36. The lowest BCUT2D eigenvalue weighted by Gasteiger charge is -2.05. The van der Waals surface area contributed by atoms with Gasteiger partial charge in [-0.3, -0.25) is 0 Å². The molecule has 0 aliphatic rings. The Balaban J connectivity index is 2.23. The van der Waals surface area contributed by atoms with Gasteiger partial charge in [-0.15, -0.1) is 0 Å². The number of unbranched alkanes of at least 4 members (excludes halogenated alkanes) is 2. The van der Waals surface area contributed by atoms with E-state index >= 15 is 0 Å². The smallest absolute Gasteiger partial charge is 0.187 e. The summed E-state index contributed by atoms with van der Waals surface area (Å²) in [5, 5.41) is 1.06. The van der Waals surface area contributed by atoms with Crippen LogP contribution < -0.4 is 4.74 Å². The Morgan fingerprint density at radius 1 is 1.13 bits per heavy atom. The van der Waals surface area contributed by atoms with Crippen molar-refractivity contribution in [2.45, 2.75) is 19.3 Å². The van der Waals surface area contributed by atoms with Crippen molar-refractivity contribution >= 4 is 21.6 Å². The minimum atomic E-state index is 0.654. The van der Waals surface area contributed by atoms with Crippen LogP contribution in [0.5, 0.6) is 5.75 Å². The highest BCUT2D eigenvalue weighted by molar-refractivity contribution is 9.09. The third kappa shape index (κ3) is 4.85. The number of alkyl halides is 1. The van der Waals surface area contributed by atoms with E-state index in [9.17, 15) is 0 Å². The summed E-state index contributed by atoms with van der Waals surface area (Å²) >= 11 is 3.39. The fourth-order valence-electron chi connectivity index (χ4n) is 1.18. The zero-order valence-corrected chi connectivity index (χ0v) is 10.2. The lowest BCUT2D eigenvalue weighted by Crippen LogP contribution is -1.96. The first-order valence-corrected chi connectivity index (χ1v) is 6.15. The molecule has 0 spiro atoms. The van der Waals surface area contributed by atoms with Crippen LogP contribution in [0.4, 0.5) is 5.69 Å². The number of hydrogen-bond donors (Lipinski definition) is 0. The van der Waals surface area contributed by atoms with Gasteiger partial charge < -0.3 is 4.74 Å². The molecule has 3 heteroatoms. The topological polar surface area (TPSA) is 13.6 Å². The summed E-state index contributed by atoms with van der Waals surface area (Å²) in [5.74, 6) is 0.848. The fourth-order valence-corrected chi connectivity index (χ4v) is 1.58. The quantitative estimate of drug-likeness (QED) is 0.428. The molecule has 0 aliphatic heterocycles. The SMILES string of the molecule is [C-]#[N+]c1ccc(OCCCCCBr)cc1. The Labute approximate surface area is 99.2 Å². The van der Waals surface area contributed by atoms with E-state index in [1.807, 2.05) is 12.1 Å². The van der Waals surface area contributed by atoms with Crippen LogP contribution >= 0.6 is 15.9 Å². The van der Waals surface area contributed by atoms with Gasteiger partial charge in [0.05, 0.1) is 13.2 Å². The number of nitrogens with zero attached hydrogens (tertiary/aromatic N) is 1. The third-order valence-corrected chi connectivity index (χ3v) is 2.57. The number of rotatable bonds is 6. The maximum absolute atomic E-state index is 6.81. The lowest BCUT2D eigenvalue weighted by molar-refractivity contribution is 0.306. The minimum Gasteiger partial charge on any atom is -0.494 e. The van der Waals surface area contributed by atoms with E-state index in [-0.39, 0.29) is 0 Å². The maximum atomic E-state index is 6.81. The predicted octanol–water partition coefficient (Wildman–Crippen LogP) is 4.18. The number of benzene rings is 1. The summed E-state index contributed by atoms with van der Waals surface area (Å²) in [7, 11) is 0. The van der Waals surface area contributed by atoms with Crippen molar-refractivity contribution in [3.05, 3.63) is 35.7 Å². The van der Waals surface area contributed by atoms with E-state index in [0.717, 1.165) is 24.1 Å². The van der Waals surface area contributed by atoms with Crippen LogP contribution in [0.15, 0.2) is 24.3 Å². The fraction of sp³-hybridized carbons (Fsp3) is 0.417. The molecule has 0 saturated carbocycles. The second-order valence-corrected chi connectivity index (χ2v) is 4.00. The highest BCUT2D eigenvalue weighted by Gasteiger charge is 1.94. The zero-order valence-electron chi connectivity index (χ0n) is 8.58. The van der Waals surface area contributed by atoms with Gasteiger partial charge in [-0.05, 0) is 31.4 Å². The van der Waals surface area contributed by atoms with Gasteiger partial charge >= 0.3 is 0 Å². The van der Waals surface area contributed by atoms with Crippen molar-refractivity contribution in [2.75, 3.05) is 11.9 Å². The summed E-state index contributed by atoms with van der Waals surface area (Å²) < 4.78 is 5.53. The average Bonchev–Trinajstić information content (AvgIpc) is 2.30. The van der Waals surface area contributed by atoms with Crippen LogP contribution in [-0.2, 0) is 0 Å². The van der Waals surface area contributed by atoms with Crippen molar-refractivity contribution < 1.29 is 4.74 Å². The molecule has 0 N–H and O–H groups in total. The second kappa shape index (κ2) is 7.30. The van der Waals surface area contributed by atoms with Gasteiger partial charge in [0.1, 0.15) is 5.75 Å². The van der Waals surface area contributed by atoms with E-state index in [4.69, 9.17) is 11.3 Å². The average molecular weight is 268 g/mol. The van der Waals surface area contributed by atoms with Crippen molar-refractivity contribution in [3.8, 4) is 5.75 Å². The van der Waals surface area contributed by atoms with Gasteiger partial charge in [0.2, 0.25) is 0 Å². The minimum absolute atomic E-state index is 0.654. The van der Waals surface area contributed by atoms with Gasteiger partial charge in [0, 0.05) is 5.33 Å². The van der Waals surface area contributed by atoms with Gasteiger partial charge in [0.15, 0.2) is 5.69 Å². The summed E-state index contributed by atoms with van der Waals surface area (Å²) in [6.07, 6.45) is 3.46. The normalized spacial score (nSPS) is 9.60. The van der Waals surface area contributed by atoms with Gasteiger partial charge in [0.25, 0.3) is 0 Å². The molecule has 0 unspecified atom stereocenters. The van der Waals surface area contributed by atoms with E-state index in [2.05, 4.69) is 20.8 Å². The Morgan fingerprint density at radius 2 is 1.87 bits per heavy atom. The van der Waals surface area contributed by atoms with Crippen molar-refractivity contribution in [1.29, 1.82) is 0 Å². The summed E-state index contributed by atoms with van der Waals surface area (Å²) in [4.78, 5) is 3.32. The zero-order chi connectivity index (χ0) is 10.9. The molecule has 1 rings (SSSR count). The standard InChI is InChI=1S/C12H14BrNO/c1-14-11-5-7-12(8-6-11)15-10-4-2-3-9-13/h5-8H,2-4,9-10H2. The van der Waals surface area contributed by atoms with E-state index in [1.165, 1.54) is 12.8 Å². The molecule has 0 aromatic heterocycles. The second-order valence-electron chi connectivity index (χ2n) is 3.20. The van der Waals surface area contributed by atoms with E-state index < -0.39 is 0 Å². The highest BCUT2D eigenvalue weighted by atomic mass is 79.9. The number of halogens is 1. The predicted molar refractivity (Wildman–Crippen MR) is 65.8 cm³/mol. The molecule has 80 valence electrons. The molecule has 0 heterocycles. The largest absolute Gasteiger partial charge is 0.494 e. The Kier molecular flexibility index (Phi) is 5.87. The van der Waals surface area contributed by atoms with Crippen LogP contribution in [0, 0.1) is 6.57 Å². The molecule has 0 saturated heterocycles. The van der Waals surface area contributed by atoms with E-state index in [1.54, 1.807) is 12.1 Å². The molecule has 0 fully saturated rings. The van der Waals surface area contributed by atoms with Crippen LogP contribution in [0.25, 0.3) is 4.85 Å². The first-order valence-electron chi connectivity index (χ1n) is 5.03. The van der Waals surface area contributed by atoms with Gasteiger partial charge in [-0.25, -0.2) is 4.85 Å². The molecule has 0 amide bonds. The number of ether oxygens (including phenoxy) is 1. The van der Waals surface area contributed by atoms with Crippen molar-refractivity contribution in [1.82, 2.24) is 0 Å². The molecule has 0 radical (unpaired) electrons. The van der Waals surface area contributed by atoms with Crippen LogP contribution in [0.1, 0.15) is 19.3 Å². The highest BCUT2D eigenvalue weighted by Crippen LogP contribution is 2.17. The van der Waals surface area contributed by atoms with Crippen LogP contribution in [-0.4, -0.2) is 11.9 Å². The Hall–Kier alpha value is -1.01.